The zero-order valence-electron chi connectivity index (χ0n) is 9.10. The smallest absolute Gasteiger partial charge is 0.0962 e. The van der Waals surface area contributed by atoms with E-state index >= 15 is 0 Å². The van der Waals surface area contributed by atoms with Gasteiger partial charge in [-0.3, -0.25) is 0 Å². The first-order valence-electron chi connectivity index (χ1n) is 5.21. The van der Waals surface area contributed by atoms with E-state index in [9.17, 15) is 5.26 Å². The van der Waals surface area contributed by atoms with Crippen LogP contribution in [0.4, 0.5) is 5.69 Å². The topological polar surface area (TPSA) is 49.8 Å². The zero-order valence-corrected chi connectivity index (χ0v) is 10.7. The summed E-state index contributed by atoms with van der Waals surface area (Å²) >= 11 is 3.38. The summed E-state index contributed by atoms with van der Waals surface area (Å²) in [5, 5.41) is 9.28. The van der Waals surface area contributed by atoms with Gasteiger partial charge in [0.15, 0.2) is 0 Å². The van der Waals surface area contributed by atoms with E-state index in [-0.39, 0.29) is 5.92 Å². The minimum atomic E-state index is -0.247. The molecule has 17 heavy (non-hydrogen) atoms. The van der Waals surface area contributed by atoms with Crippen LogP contribution in [-0.2, 0) is 0 Å². The first kappa shape index (κ1) is 11.7. The Morgan fingerprint density at radius 2 is 1.41 bits per heavy atom. The molecule has 0 saturated carbocycles. The van der Waals surface area contributed by atoms with Crippen LogP contribution >= 0.6 is 15.9 Å². The molecule has 0 heterocycles. The third-order valence-corrected chi connectivity index (χ3v) is 3.13. The summed E-state index contributed by atoms with van der Waals surface area (Å²) in [7, 11) is 0. The Morgan fingerprint density at radius 3 is 1.88 bits per heavy atom. The molecule has 0 aliphatic carbocycles. The second kappa shape index (κ2) is 5.03. The maximum Gasteiger partial charge on any atom is 0.0962 e. The van der Waals surface area contributed by atoms with Crippen LogP contribution in [0.1, 0.15) is 17.0 Å². The van der Waals surface area contributed by atoms with E-state index < -0.39 is 0 Å². The summed E-state index contributed by atoms with van der Waals surface area (Å²) < 4.78 is 1.01. The number of nitrogens with zero attached hydrogens (tertiary/aromatic N) is 1. The first-order chi connectivity index (χ1) is 8.20. The molecule has 84 valence electrons. The second-order valence-corrected chi connectivity index (χ2v) is 4.70. The highest BCUT2D eigenvalue weighted by molar-refractivity contribution is 9.10. The first-order valence-corrected chi connectivity index (χ1v) is 6.00. The third kappa shape index (κ3) is 2.66. The Kier molecular flexibility index (Phi) is 3.46. The Hall–Kier alpha value is -1.79. The summed E-state index contributed by atoms with van der Waals surface area (Å²) in [4.78, 5) is 0. The van der Waals surface area contributed by atoms with Crippen LogP contribution < -0.4 is 5.73 Å². The van der Waals surface area contributed by atoms with Gasteiger partial charge in [0, 0.05) is 10.2 Å². The summed E-state index contributed by atoms with van der Waals surface area (Å²) in [6.07, 6.45) is 0. The largest absolute Gasteiger partial charge is 0.399 e. The van der Waals surface area contributed by atoms with Crippen molar-refractivity contribution in [2.24, 2.45) is 0 Å². The van der Waals surface area contributed by atoms with Crippen molar-refractivity contribution < 1.29 is 0 Å². The molecule has 1 atom stereocenters. The average Bonchev–Trinajstić information content (AvgIpc) is 2.35. The van der Waals surface area contributed by atoms with Crippen molar-refractivity contribution in [3.63, 3.8) is 0 Å². The average molecular weight is 287 g/mol. The van der Waals surface area contributed by atoms with Gasteiger partial charge in [-0.15, -0.1) is 0 Å². The molecule has 0 aliphatic heterocycles. The molecule has 0 aliphatic rings. The molecular weight excluding hydrogens is 276 g/mol. The SMILES string of the molecule is N#CC(c1ccc(N)cc1)c1ccc(Br)cc1. The fourth-order valence-electron chi connectivity index (χ4n) is 1.69. The Bertz CT molecular complexity index is 492. The van der Waals surface area contributed by atoms with Gasteiger partial charge < -0.3 is 5.73 Å². The van der Waals surface area contributed by atoms with Crippen molar-refractivity contribution in [1.29, 1.82) is 5.26 Å². The second-order valence-electron chi connectivity index (χ2n) is 3.78. The van der Waals surface area contributed by atoms with Crippen molar-refractivity contribution in [2.45, 2.75) is 5.92 Å². The van der Waals surface area contributed by atoms with Crippen LogP contribution in [0, 0.1) is 11.3 Å². The van der Waals surface area contributed by atoms with Gasteiger partial charge in [-0.05, 0) is 35.4 Å². The van der Waals surface area contributed by atoms with Gasteiger partial charge >= 0.3 is 0 Å². The van der Waals surface area contributed by atoms with E-state index in [2.05, 4.69) is 22.0 Å². The maximum absolute atomic E-state index is 9.28. The molecule has 0 amide bonds. The number of nitrogens with two attached hydrogens (primary N) is 1. The van der Waals surface area contributed by atoms with Crippen LogP contribution in [0.25, 0.3) is 0 Å². The van der Waals surface area contributed by atoms with Gasteiger partial charge in [-0.2, -0.15) is 5.26 Å². The van der Waals surface area contributed by atoms with Crippen LogP contribution in [0.3, 0.4) is 0 Å². The molecule has 0 aromatic heterocycles. The molecule has 2 aromatic rings. The Balaban J connectivity index is 2.37. The van der Waals surface area contributed by atoms with Crippen molar-refractivity contribution in [3.8, 4) is 6.07 Å². The molecule has 1 unspecified atom stereocenters. The summed E-state index contributed by atoms with van der Waals surface area (Å²) in [6, 6.07) is 17.5. The van der Waals surface area contributed by atoms with Crippen molar-refractivity contribution in [2.75, 3.05) is 5.73 Å². The molecule has 2 nitrogen and oxygen atoms in total. The molecule has 0 fully saturated rings. The monoisotopic (exact) mass is 286 g/mol. The third-order valence-electron chi connectivity index (χ3n) is 2.60. The summed E-state index contributed by atoms with van der Waals surface area (Å²) in [6.45, 7) is 0. The molecule has 0 saturated heterocycles. The Morgan fingerprint density at radius 1 is 0.941 bits per heavy atom. The molecule has 2 N–H and O–H groups in total. The van der Waals surface area contributed by atoms with Gasteiger partial charge in [0.25, 0.3) is 0 Å². The fourth-order valence-corrected chi connectivity index (χ4v) is 1.95. The highest BCUT2D eigenvalue weighted by Crippen LogP contribution is 2.25. The number of nitriles is 1. The van der Waals surface area contributed by atoms with Crippen LogP contribution in [-0.4, -0.2) is 0 Å². The molecular formula is C14H11BrN2. The van der Waals surface area contributed by atoms with Gasteiger partial charge in [0.2, 0.25) is 0 Å². The van der Waals surface area contributed by atoms with Crippen molar-refractivity contribution in [3.05, 3.63) is 64.1 Å². The molecule has 2 rings (SSSR count). The van der Waals surface area contributed by atoms with E-state index in [1.165, 1.54) is 0 Å². The van der Waals surface area contributed by atoms with Crippen molar-refractivity contribution in [1.82, 2.24) is 0 Å². The number of hydrogen-bond acceptors (Lipinski definition) is 2. The fraction of sp³-hybridized carbons (Fsp3) is 0.0714. The van der Waals surface area contributed by atoms with Crippen LogP contribution in [0.2, 0.25) is 0 Å². The predicted octanol–water partition coefficient (Wildman–Crippen LogP) is 3.69. The Labute approximate surface area is 109 Å². The molecule has 0 radical (unpaired) electrons. The number of anilines is 1. The number of halogens is 1. The number of nitrogen functional groups attached to an aromatic ring is 1. The maximum atomic E-state index is 9.28. The molecule has 0 spiro atoms. The van der Waals surface area contributed by atoms with Gasteiger partial charge in [-0.1, -0.05) is 40.2 Å². The van der Waals surface area contributed by atoms with Crippen LogP contribution in [0.5, 0.6) is 0 Å². The van der Waals surface area contributed by atoms with E-state index in [0.717, 1.165) is 15.6 Å². The van der Waals surface area contributed by atoms with E-state index in [4.69, 9.17) is 5.73 Å². The predicted molar refractivity (Wildman–Crippen MR) is 72.5 cm³/mol. The quantitative estimate of drug-likeness (QED) is 0.856. The van der Waals surface area contributed by atoms with Gasteiger partial charge in [-0.25, -0.2) is 0 Å². The lowest BCUT2D eigenvalue weighted by Crippen LogP contribution is -1.98. The number of hydrogen-bond donors (Lipinski definition) is 1. The normalized spacial score (nSPS) is 11.8. The lowest BCUT2D eigenvalue weighted by atomic mass is 9.93. The lowest BCUT2D eigenvalue weighted by molar-refractivity contribution is 1.04. The lowest BCUT2D eigenvalue weighted by Gasteiger charge is -2.10. The van der Waals surface area contributed by atoms with E-state index in [1.54, 1.807) is 0 Å². The molecule has 2 aromatic carbocycles. The standard InChI is InChI=1S/C14H11BrN2/c15-12-5-1-10(2-6-12)14(9-16)11-3-7-13(17)8-4-11/h1-8,14H,17H2. The van der Waals surface area contributed by atoms with Gasteiger partial charge in [0.1, 0.15) is 0 Å². The zero-order chi connectivity index (χ0) is 12.3. The highest BCUT2D eigenvalue weighted by Gasteiger charge is 2.12. The molecule has 3 heteroatoms. The minimum absolute atomic E-state index is 0.247. The molecule has 0 bridgehead atoms. The summed E-state index contributed by atoms with van der Waals surface area (Å²) in [5.74, 6) is -0.247. The van der Waals surface area contributed by atoms with Crippen molar-refractivity contribution >= 4 is 21.6 Å². The number of rotatable bonds is 2. The minimum Gasteiger partial charge on any atom is -0.399 e. The van der Waals surface area contributed by atoms with Gasteiger partial charge in [0.05, 0.1) is 12.0 Å². The van der Waals surface area contributed by atoms with Crippen LogP contribution in [0.15, 0.2) is 53.0 Å². The summed E-state index contributed by atoms with van der Waals surface area (Å²) in [5.41, 5.74) is 8.30. The van der Waals surface area contributed by atoms with E-state index in [0.29, 0.717) is 5.69 Å². The van der Waals surface area contributed by atoms with E-state index in [1.807, 2.05) is 48.5 Å². The number of benzene rings is 2. The highest BCUT2D eigenvalue weighted by atomic mass is 79.9.